The van der Waals surface area contributed by atoms with Crippen LogP contribution in [-0.2, 0) is 6.54 Å². The van der Waals surface area contributed by atoms with E-state index >= 15 is 0 Å². The van der Waals surface area contributed by atoms with Crippen LogP contribution in [0.25, 0.3) is 39.0 Å². The Morgan fingerprint density at radius 1 is 1.06 bits per heavy atom. The second-order valence-electron chi connectivity index (χ2n) is 8.11. The van der Waals surface area contributed by atoms with Gasteiger partial charge in [-0.15, -0.1) is 5.10 Å². The lowest BCUT2D eigenvalue weighted by Crippen LogP contribution is -2.06. The van der Waals surface area contributed by atoms with Crippen LogP contribution in [0, 0.1) is 23.0 Å². The Morgan fingerprint density at radius 2 is 1.86 bits per heavy atom. The van der Waals surface area contributed by atoms with Crippen molar-refractivity contribution in [2.24, 2.45) is 0 Å². The minimum absolute atomic E-state index is 0.0755. The van der Waals surface area contributed by atoms with Crippen molar-refractivity contribution in [1.82, 2.24) is 34.5 Å². The summed E-state index contributed by atoms with van der Waals surface area (Å²) in [4.78, 5) is 21.2. The third-order valence-corrected chi connectivity index (χ3v) is 5.87. The SMILES string of the molecule is N#Cc1ccc(Cn2nccc2-c2cnc3c(N)nn(-c4cc5[nH]c(=O)[nH]c5cc4F)c3c2)c(F)c1. The third-order valence-electron chi connectivity index (χ3n) is 5.87. The van der Waals surface area contributed by atoms with Gasteiger partial charge in [0.15, 0.2) is 11.6 Å². The fourth-order valence-electron chi connectivity index (χ4n) is 4.16. The topological polar surface area (TPSA) is 147 Å². The first kappa shape index (κ1) is 21.2. The van der Waals surface area contributed by atoms with Crippen molar-refractivity contribution in [2.75, 3.05) is 5.73 Å². The predicted molar refractivity (Wildman–Crippen MR) is 127 cm³/mol. The molecule has 0 amide bonds. The maximum absolute atomic E-state index is 15.0. The maximum Gasteiger partial charge on any atom is 0.323 e. The molecule has 0 unspecified atom stereocenters. The number of pyridine rings is 1. The number of rotatable bonds is 4. The molecule has 12 heteroatoms. The second-order valence-corrected chi connectivity index (χ2v) is 8.11. The quantitative estimate of drug-likeness (QED) is 0.351. The van der Waals surface area contributed by atoms with E-state index in [0.717, 1.165) is 0 Å². The Morgan fingerprint density at radius 3 is 2.64 bits per heavy atom. The van der Waals surface area contributed by atoms with Crippen molar-refractivity contribution >= 4 is 27.9 Å². The number of halogens is 2. The summed E-state index contributed by atoms with van der Waals surface area (Å²) < 4.78 is 32.4. The monoisotopic (exact) mass is 483 g/mol. The lowest BCUT2D eigenvalue weighted by molar-refractivity contribution is 0.586. The lowest BCUT2D eigenvalue weighted by atomic mass is 10.1. The van der Waals surface area contributed by atoms with Gasteiger partial charge < -0.3 is 15.7 Å². The summed E-state index contributed by atoms with van der Waals surface area (Å²) in [5.74, 6) is -1.02. The number of nitrogens with one attached hydrogen (secondary N) is 2. The lowest BCUT2D eigenvalue weighted by Gasteiger charge is -2.10. The van der Waals surface area contributed by atoms with E-state index in [1.165, 1.54) is 22.9 Å². The maximum atomic E-state index is 15.0. The molecule has 36 heavy (non-hydrogen) atoms. The first-order valence-electron chi connectivity index (χ1n) is 10.7. The number of anilines is 1. The van der Waals surface area contributed by atoms with E-state index in [2.05, 4.69) is 25.1 Å². The van der Waals surface area contributed by atoms with Crippen LogP contribution in [0.1, 0.15) is 11.1 Å². The van der Waals surface area contributed by atoms with Crippen molar-refractivity contribution in [3.63, 3.8) is 0 Å². The minimum Gasteiger partial charge on any atom is -0.380 e. The van der Waals surface area contributed by atoms with Crippen LogP contribution in [0.5, 0.6) is 0 Å². The Balaban J connectivity index is 1.46. The average Bonchev–Trinajstić information content (AvgIpc) is 3.56. The van der Waals surface area contributed by atoms with Gasteiger partial charge in [-0.3, -0.25) is 4.68 Å². The highest BCUT2D eigenvalue weighted by molar-refractivity contribution is 5.90. The molecule has 0 bridgehead atoms. The number of benzene rings is 2. The Bertz CT molecular complexity index is 1900. The van der Waals surface area contributed by atoms with Crippen molar-refractivity contribution in [2.45, 2.75) is 6.54 Å². The van der Waals surface area contributed by atoms with Crippen LogP contribution in [0.4, 0.5) is 14.6 Å². The van der Waals surface area contributed by atoms with Gasteiger partial charge in [-0.2, -0.15) is 10.4 Å². The van der Waals surface area contributed by atoms with Crippen LogP contribution in [-0.4, -0.2) is 34.5 Å². The molecule has 0 fully saturated rings. The Kier molecular flexibility index (Phi) is 4.65. The summed E-state index contributed by atoms with van der Waals surface area (Å²) in [6, 6.07) is 12.3. The number of imidazole rings is 1. The summed E-state index contributed by atoms with van der Waals surface area (Å²) in [7, 11) is 0. The molecule has 0 aliphatic carbocycles. The first-order chi connectivity index (χ1) is 17.4. The Hall–Kier alpha value is -5.31. The molecular formula is C24H15F2N9O. The predicted octanol–water partition coefficient (Wildman–Crippen LogP) is 3.23. The van der Waals surface area contributed by atoms with Gasteiger partial charge in [0.05, 0.1) is 40.4 Å². The number of nitrogens with zero attached hydrogens (tertiary/aromatic N) is 6. The Labute approximate surface area is 200 Å². The van der Waals surface area contributed by atoms with E-state index in [4.69, 9.17) is 11.0 Å². The number of nitriles is 1. The van der Waals surface area contributed by atoms with Gasteiger partial charge in [0.1, 0.15) is 17.0 Å². The number of nitrogen functional groups attached to an aromatic ring is 1. The number of nitrogens with two attached hydrogens (primary N) is 1. The van der Waals surface area contributed by atoms with Gasteiger partial charge in [-0.1, -0.05) is 6.07 Å². The summed E-state index contributed by atoms with van der Waals surface area (Å²) in [6.45, 7) is 0.117. The van der Waals surface area contributed by atoms with E-state index < -0.39 is 17.3 Å². The van der Waals surface area contributed by atoms with E-state index in [1.807, 2.05) is 6.07 Å². The molecule has 6 rings (SSSR count). The number of hydrogen-bond acceptors (Lipinski definition) is 6. The fourth-order valence-corrected chi connectivity index (χ4v) is 4.16. The van der Waals surface area contributed by atoms with Crippen LogP contribution < -0.4 is 11.4 Å². The average molecular weight is 483 g/mol. The van der Waals surface area contributed by atoms with Crippen molar-refractivity contribution in [1.29, 1.82) is 5.26 Å². The molecule has 0 radical (unpaired) electrons. The van der Waals surface area contributed by atoms with E-state index in [-0.39, 0.29) is 23.6 Å². The van der Waals surface area contributed by atoms with Gasteiger partial charge >= 0.3 is 5.69 Å². The number of fused-ring (bicyclic) bond motifs is 2. The molecule has 4 heterocycles. The van der Waals surface area contributed by atoms with E-state index in [0.29, 0.717) is 38.9 Å². The van der Waals surface area contributed by atoms with Gasteiger partial charge in [-0.25, -0.2) is 23.2 Å². The zero-order chi connectivity index (χ0) is 25.0. The van der Waals surface area contributed by atoms with Crippen molar-refractivity contribution in [3.8, 4) is 23.0 Å². The molecule has 4 N–H and O–H groups in total. The molecule has 0 spiro atoms. The van der Waals surface area contributed by atoms with Gasteiger partial charge in [0.2, 0.25) is 0 Å². The van der Waals surface area contributed by atoms with Crippen LogP contribution >= 0.6 is 0 Å². The molecule has 0 saturated carbocycles. The van der Waals surface area contributed by atoms with Crippen LogP contribution in [0.2, 0.25) is 0 Å². The highest BCUT2D eigenvalue weighted by atomic mass is 19.1. The highest BCUT2D eigenvalue weighted by Gasteiger charge is 2.18. The molecule has 10 nitrogen and oxygen atoms in total. The third kappa shape index (κ3) is 3.38. The molecule has 0 aliphatic heterocycles. The number of aromatic nitrogens is 7. The molecule has 0 saturated heterocycles. The van der Waals surface area contributed by atoms with E-state index in [9.17, 15) is 13.6 Å². The van der Waals surface area contributed by atoms with Gasteiger partial charge in [0.25, 0.3) is 0 Å². The number of H-pyrrole nitrogens is 2. The summed E-state index contributed by atoms with van der Waals surface area (Å²) >= 11 is 0. The summed E-state index contributed by atoms with van der Waals surface area (Å²) in [6.07, 6.45) is 3.15. The molecular weight excluding hydrogens is 468 g/mol. The zero-order valence-corrected chi connectivity index (χ0v) is 18.3. The smallest absolute Gasteiger partial charge is 0.323 e. The normalized spacial score (nSPS) is 11.4. The zero-order valence-electron chi connectivity index (χ0n) is 18.3. The molecule has 0 atom stereocenters. The molecule has 2 aromatic carbocycles. The van der Waals surface area contributed by atoms with Crippen molar-refractivity contribution in [3.05, 3.63) is 88.1 Å². The molecule has 0 aliphatic rings. The highest BCUT2D eigenvalue weighted by Crippen LogP contribution is 2.29. The number of hydrogen-bond donors (Lipinski definition) is 3. The van der Waals surface area contributed by atoms with Gasteiger partial charge in [0, 0.05) is 29.6 Å². The first-order valence-corrected chi connectivity index (χ1v) is 10.7. The molecule has 176 valence electrons. The van der Waals surface area contributed by atoms with Crippen LogP contribution in [0.3, 0.4) is 0 Å². The largest absolute Gasteiger partial charge is 0.380 e. The molecule has 6 aromatic rings. The van der Waals surface area contributed by atoms with Crippen LogP contribution in [0.15, 0.2) is 59.7 Å². The summed E-state index contributed by atoms with van der Waals surface area (Å²) in [5, 5.41) is 17.5. The second kappa shape index (κ2) is 7.88. The minimum atomic E-state index is -0.617. The molecule has 4 aromatic heterocycles. The van der Waals surface area contributed by atoms with E-state index in [1.54, 1.807) is 41.3 Å². The fraction of sp³-hybridized carbons (Fsp3) is 0.0417. The van der Waals surface area contributed by atoms with Gasteiger partial charge in [-0.05, 0) is 30.3 Å². The standard InChI is InChI=1S/C24H15F2N9O/c25-15-5-12(9-27)1-2-13(15)11-34-19(3-4-30-34)14-6-21-22(29-10-14)23(28)33-35(21)20-8-18-17(7-16(20)26)31-24(36)32-18/h1-8,10H,11H2,(H2,28,33)(H2,31,32,36). The summed E-state index contributed by atoms with van der Waals surface area (Å²) in [5.41, 5.74) is 9.04. The number of aromatic amines is 2. The van der Waals surface area contributed by atoms with Crippen molar-refractivity contribution < 1.29 is 8.78 Å².